The van der Waals surface area contributed by atoms with Crippen LogP contribution in [0.5, 0.6) is 5.75 Å². The summed E-state index contributed by atoms with van der Waals surface area (Å²) in [5.41, 5.74) is -0.474. The largest absolute Gasteiger partial charge is 0.497 e. The van der Waals surface area contributed by atoms with Gasteiger partial charge in [0.25, 0.3) is 0 Å². The third kappa shape index (κ3) is 3.68. The fraction of sp³-hybridized carbons (Fsp3) is 0.360. The first-order valence-corrected chi connectivity index (χ1v) is 11.2. The molecule has 4 heterocycles. The van der Waals surface area contributed by atoms with Crippen LogP contribution in [-0.4, -0.2) is 54.7 Å². The molecule has 1 aromatic heterocycles. The molecule has 180 valence electrons. The van der Waals surface area contributed by atoms with Gasteiger partial charge in [-0.3, -0.25) is 20.2 Å². The standard InChI is InChI=1S/C25H23FN4O5/c1-13-12-30-19(14(2)35-13)25(22(31)28-24(33)29-23(25)32)11-17-10-16(20(26)27-21(17)30)7-4-15-5-8-18(34-3)9-6-15/h5-6,8-10,13-14,19H,11-12H2,1-3H3,(H2,28,29,31,32,33)/t13-,14+,19-/m1/s1. The molecule has 10 heteroatoms. The Kier molecular flexibility index (Phi) is 5.44. The van der Waals surface area contributed by atoms with E-state index in [1.54, 1.807) is 43.2 Å². The van der Waals surface area contributed by atoms with Crippen LogP contribution in [0.25, 0.3) is 0 Å². The molecule has 2 saturated heterocycles. The Hall–Kier alpha value is -3.97. The number of amides is 4. The lowest BCUT2D eigenvalue weighted by molar-refractivity contribution is -0.153. The molecule has 0 aliphatic carbocycles. The average molecular weight is 478 g/mol. The molecule has 2 N–H and O–H groups in total. The second kappa shape index (κ2) is 8.36. The van der Waals surface area contributed by atoms with Crippen LogP contribution in [0.15, 0.2) is 30.3 Å². The molecular weight excluding hydrogens is 455 g/mol. The van der Waals surface area contributed by atoms with Crippen molar-refractivity contribution < 1.29 is 28.2 Å². The highest BCUT2D eigenvalue weighted by Gasteiger charge is 2.63. The first kappa shape index (κ1) is 22.8. The van der Waals surface area contributed by atoms with E-state index in [1.807, 2.05) is 6.92 Å². The minimum Gasteiger partial charge on any atom is -0.497 e. The molecule has 2 aromatic rings. The molecule has 1 spiro atoms. The zero-order chi connectivity index (χ0) is 24.9. The van der Waals surface area contributed by atoms with Crippen molar-refractivity contribution in [3.63, 3.8) is 0 Å². The van der Waals surface area contributed by atoms with Crippen LogP contribution < -0.4 is 20.3 Å². The van der Waals surface area contributed by atoms with Crippen molar-refractivity contribution in [3.05, 3.63) is 53.0 Å². The van der Waals surface area contributed by atoms with E-state index in [1.165, 1.54) is 6.07 Å². The maximum absolute atomic E-state index is 15.1. The SMILES string of the molecule is COc1ccc(C#Cc2cc3c(nc2F)N2C[C@@H](C)O[C@@H](C)[C@@H]2C2(C3)C(=O)NC(=O)NC2=O)cc1. The fourth-order valence-electron chi connectivity index (χ4n) is 5.21. The third-order valence-electron chi connectivity index (χ3n) is 6.66. The molecular formula is C25H23FN4O5. The highest BCUT2D eigenvalue weighted by molar-refractivity contribution is 6.20. The quantitative estimate of drug-likeness (QED) is 0.363. The van der Waals surface area contributed by atoms with Crippen LogP contribution in [-0.2, 0) is 20.7 Å². The Morgan fingerprint density at radius 3 is 2.49 bits per heavy atom. The molecule has 0 radical (unpaired) electrons. The molecule has 3 aliphatic rings. The van der Waals surface area contributed by atoms with Gasteiger partial charge in [-0.1, -0.05) is 11.8 Å². The number of carbonyl (C=O) groups is 3. The molecule has 3 aliphatic heterocycles. The van der Waals surface area contributed by atoms with E-state index in [0.717, 1.165) is 0 Å². The van der Waals surface area contributed by atoms with E-state index >= 15 is 4.39 Å². The minimum atomic E-state index is -1.65. The summed E-state index contributed by atoms with van der Waals surface area (Å²) in [6, 6.07) is 6.87. The van der Waals surface area contributed by atoms with E-state index in [4.69, 9.17) is 9.47 Å². The molecule has 0 unspecified atom stereocenters. The van der Waals surface area contributed by atoms with Crippen LogP contribution >= 0.6 is 0 Å². The number of methoxy groups -OCH3 is 1. The predicted molar refractivity (Wildman–Crippen MR) is 122 cm³/mol. The topological polar surface area (TPSA) is 110 Å². The monoisotopic (exact) mass is 478 g/mol. The van der Waals surface area contributed by atoms with Gasteiger partial charge in [0.2, 0.25) is 17.8 Å². The number of fused-ring (bicyclic) bond motifs is 4. The normalized spacial score (nSPS) is 24.5. The van der Waals surface area contributed by atoms with Crippen molar-refractivity contribution >= 4 is 23.7 Å². The number of hydrogen-bond acceptors (Lipinski definition) is 7. The number of carbonyl (C=O) groups excluding carboxylic acids is 3. The second-order valence-corrected chi connectivity index (χ2v) is 8.92. The van der Waals surface area contributed by atoms with E-state index in [2.05, 4.69) is 27.5 Å². The highest BCUT2D eigenvalue weighted by Crippen LogP contribution is 2.46. The zero-order valence-corrected chi connectivity index (χ0v) is 19.3. The van der Waals surface area contributed by atoms with E-state index in [9.17, 15) is 14.4 Å². The lowest BCUT2D eigenvalue weighted by Crippen LogP contribution is -2.75. The van der Waals surface area contributed by atoms with Crippen molar-refractivity contribution in [3.8, 4) is 17.6 Å². The Morgan fingerprint density at radius 2 is 1.83 bits per heavy atom. The van der Waals surface area contributed by atoms with Crippen LogP contribution in [0.3, 0.4) is 0 Å². The molecule has 2 fully saturated rings. The van der Waals surface area contributed by atoms with Gasteiger partial charge in [0.05, 0.1) is 30.9 Å². The van der Waals surface area contributed by atoms with Crippen LogP contribution in [0.2, 0.25) is 0 Å². The predicted octanol–water partition coefficient (Wildman–Crippen LogP) is 1.52. The third-order valence-corrected chi connectivity index (χ3v) is 6.66. The van der Waals surface area contributed by atoms with Crippen LogP contribution in [0.4, 0.5) is 15.0 Å². The molecule has 9 nitrogen and oxygen atoms in total. The fourth-order valence-corrected chi connectivity index (χ4v) is 5.21. The smallest absolute Gasteiger partial charge is 0.328 e. The first-order chi connectivity index (χ1) is 16.7. The minimum absolute atomic E-state index is 0.0372. The van der Waals surface area contributed by atoms with Crippen molar-refractivity contribution in [2.45, 2.75) is 38.5 Å². The molecule has 5 rings (SSSR count). The number of aromatic nitrogens is 1. The van der Waals surface area contributed by atoms with Gasteiger partial charge < -0.3 is 14.4 Å². The molecule has 0 bridgehead atoms. The summed E-state index contributed by atoms with van der Waals surface area (Å²) in [5, 5.41) is 4.45. The number of halogens is 1. The summed E-state index contributed by atoms with van der Waals surface area (Å²) in [6.45, 7) is 3.90. The maximum Gasteiger partial charge on any atom is 0.328 e. The molecule has 35 heavy (non-hydrogen) atoms. The van der Waals surface area contributed by atoms with Gasteiger partial charge >= 0.3 is 6.03 Å². The first-order valence-electron chi connectivity index (χ1n) is 11.2. The summed E-state index contributed by atoms with van der Waals surface area (Å²) in [7, 11) is 1.56. The number of nitrogens with one attached hydrogen (secondary N) is 2. The zero-order valence-electron chi connectivity index (χ0n) is 19.3. The Balaban J connectivity index is 1.60. The summed E-state index contributed by atoms with van der Waals surface area (Å²) in [4.78, 5) is 44.1. The maximum atomic E-state index is 15.1. The Morgan fingerprint density at radius 1 is 1.14 bits per heavy atom. The number of benzene rings is 1. The van der Waals surface area contributed by atoms with Gasteiger partial charge in [-0.25, -0.2) is 9.78 Å². The highest BCUT2D eigenvalue weighted by atomic mass is 19.1. The Labute approximate surface area is 201 Å². The van der Waals surface area contributed by atoms with Gasteiger partial charge in [-0.15, -0.1) is 0 Å². The number of morpholine rings is 1. The van der Waals surface area contributed by atoms with Gasteiger partial charge in [0, 0.05) is 18.5 Å². The molecule has 0 saturated carbocycles. The number of barbiturate groups is 1. The average Bonchev–Trinajstić information content (AvgIpc) is 2.81. The molecule has 4 amide bonds. The summed E-state index contributed by atoms with van der Waals surface area (Å²) >= 11 is 0. The van der Waals surface area contributed by atoms with Gasteiger partial charge in [-0.05, 0) is 49.7 Å². The number of imide groups is 2. The lowest BCUT2D eigenvalue weighted by Gasteiger charge is -2.54. The number of rotatable bonds is 1. The number of ether oxygens (including phenoxy) is 2. The molecule has 1 aromatic carbocycles. The lowest BCUT2D eigenvalue weighted by atomic mass is 9.67. The number of urea groups is 1. The van der Waals surface area contributed by atoms with Crippen molar-refractivity contribution in [1.82, 2.24) is 15.6 Å². The summed E-state index contributed by atoms with van der Waals surface area (Å²) < 4.78 is 26.2. The Bertz CT molecular complexity index is 1280. The molecule has 3 atom stereocenters. The van der Waals surface area contributed by atoms with E-state index < -0.39 is 41.4 Å². The summed E-state index contributed by atoms with van der Waals surface area (Å²) in [5.74, 6) is 4.54. The van der Waals surface area contributed by atoms with E-state index in [-0.39, 0.29) is 18.1 Å². The number of pyridine rings is 1. The van der Waals surface area contributed by atoms with Crippen molar-refractivity contribution in [1.29, 1.82) is 0 Å². The van der Waals surface area contributed by atoms with Gasteiger partial charge in [-0.2, -0.15) is 4.39 Å². The van der Waals surface area contributed by atoms with Gasteiger partial charge in [0.1, 0.15) is 11.6 Å². The van der Waals surface area contributed by atoms with Crippen molar-refractivity contribution in [2.75, 3.05) is 18.6 Å². The van der Waals surface area contributed by atoms with E-state index in [0.29, 0.717) is 29.2 Å². The van der Waals surface area contributed by atoms with Crippen LogP contribution in [0, 0.1) is 23.2 Å². The number of hydrogen-bond donors (Lipinski definition) is 2. The number of nitrogens with zero attached hydrogens (tertiary/aromatic N) is 2. The van der Waals surface area contributed by atoms with Crippen LogP contribution in [0.1, 0.15) is 30.5 Å². The van der Waals surface area contributed by atoms with Gasteiger partial charge in [0.15, 0.2) is 5.41 Å². The number of anilines is 1. The second-order valence-electron chi connectivity index (χ2n) is 8.92. The van der Waals surface area contributed by atoms with Crippen molar-refractivity contribution in [2.24, 2.45) is 5.41 Å². The summed E-state index contributed by atoms with van der Waals surface area (Å²) in [6.07, 6.45) is -0.892.